The van der Waals surface area contributed by atoms with E-state index < -0.39 is 29.0 Å². The van der Waals surface area contributed by atoms with E-state index in [1.54, 1.807) is 6.92 Å². The van der Waals surface area contributed by atoms with Gasteiger partial charge in [0.2, 0.25) is 0 Å². The highest BCUT2D eigenvalue weighted by Crippen LogP contribution is 2.50. The molecule has 1 heterocycles. The lowest BCUT2D eigenvalue weighted by atomic mass is 9.71. The quantitative estimate of drug-likeness (QED) is 0.572. The predicted molar refractivity (Wildman–Crippen MR) is 80.3 cm³/mol. The molecule has 1 saturated heterocycles. The number of allylic oxidation sites excluding steroid dienone is 1. The molecule has 0 radical (unpaired) electrons. The summed E-state index contributed by atoms with van der Waals surface area (Å²) in [7, 11) is 0. The first-order valence-corrected chi connectivity index (χ1v) is 7.08. The summed E-state index contributed by atoms with van der Waals surface area (Å²) in [6.07, 6.45) is 2.95. The summed E-state index contributed by atoms with van der Waals surface area (Å²) in [5, 5.41) is 0. The van der Waals surface area contributed by atoms with Gasteiger partial charge < -0.3 is 4.74 Å². The molecule has 0 amide bonds. The first kappa shape index (κ1) is 16.5. The van der Waals surface area contributed by atoms with E-state index in [1.807, 2.05) is 6.92 Å². The zero-order valence-corrected chi connectivity index (χ0v) is 12.6. The molecule has 0 N–H and O–H groups in total. The number of ether oxygens (including phenoxy) is 1. The second-order valence-corrected chi connectivity index (χ2v) is 5.14. The maximum absolute atomic E-state index is 14.1. The highest BCUT2D eigenvalue weighted by Gasteiger charge is 2.51. The number of halogens is 3. The minimum atomic E-state index is -1.02. The van der Waals surface area contributed by atoms with Crippen molar-refractivity contribution >= 4 is 6.21 Å². The van der Waals surface area contributed by atoms with Crippen molar-refractivity contribution in [3.05, 3.63) is 59.6 Å². The van der Waals surface area contributed by atoms with Gasteiger partial charge in [0.15, 0.2) is 0 Å². The Morgan fingerprint density at radius 3 is 2.73 bits per heavy atom. The smallest absolute Gasteiger partial charge is 0.144 e. The van der Waals surface area contributed by atoms with E-state index in [0.717, 1.165) is 12.3 Å². The lowest BCUT2D eigenvalue weighted by Gasteiger charge is -2.50. The first-order valence-electron chi connectivity index (χ1n) is 7.08. The highest BCUT2D eigenvalue weighted by molar-refractivity contribution is 5.54. The van der Waals surface area contributed by atoms with E-state index in [2.05, 4.69) is 11.6 Å². The van der Waals surface area contributed by atoms with Crippen LogP contribution in [-0.2, 0) is 10.3 Å². The number of benzene rings is 1. The van der Waals surface area contributed by atoms with E-state index in [1.165, 1.54) is 18.3 Å². The van der Waals surface area contributed by atoms with Gasteiger partial charge in [-0.15, -0.1) is 0 Å². The Bertz CT molecular complexity index is 635. The van der Waals surface area contributed by atoms with Crippen LogP contribution in [-0.4, -0.2) is 12.8 Å². The van der Waals surface area contributed by atoms with Gasteiger partial charge in [0.1, 0.15) is 23.1 Å². The van der Waals surface area contributed by atoms with Crippen molar-refractivity contribution in [2.75, 3.05) is 6.61 Å². The lowest BCUT2D eigenvalue weighted by molar-refractivity contribution is -0.201. The van der Waals surface area contributed by atoms with Crippen LogP contribution in [0, 0.1) is 17.6 Å². The summed E-state index contributed by atoms with van der Waals surface area (Å²) in [4.78, 5) is 3.72. The van der Waals surface area contributed by atoms with Crippen LogP contribution in [0.15, 0.2) is 47.4 Å². The third-order valence-corrected chi connectivity index (χ3v) is 4.05. The Balaban J connectivity index is 2.37. The van der Waals surface area contributed by atoms with Crippen LogP contribution < -0.4 is 0 Å². The van der Waals surface area contributed by atoms with Crippen molar-refractivity contribution in [3.8, 4) is 0 Å². The topological polar surface area (TPSA) is 21.6 Å². The van der Waals surface area contributed by atoms with Crippen molar-refractivity contribution in [2.45, 2.75) is 25.9 Å². The molecule has 2 rings (SSSR count). The van der Waals surface area contributed by atoms with E-state index in [9.17, 15) is 13.2 Å². The van der Waals surface area contributed by atoms with E-state index in [4.69, 9.17) is 4.74 Å². The van der Waals surface area contributed by atoms with Gasteiger partial charge in [-0.2, -0.15) is 0 Å². The summed E-state index contributed by atoms with van der Waals surface area (Å²) in [5.74, 6) is -2.34. The van der Waals surface area contributed by atoms with E-state index in [-0.39, 0.29) is 17.7 Å². The molecule has 1 aromatic carbocycles. The van der Waals surface area contributed by atoms with E-state index in [0.29, 0.717) is 6.42 Å². The molecule has 2 nitrogen and oxygen atoms in total. The SMILES string of the molecule is C=C(/C(F)=C\N=CC)C1CO[C@@]1(CC)c1ccc(F)cc1F. The normalized spacial score (nSPS) is 25.3. The minimum absolute atomic E-state index is 0.211. The summed E-state index contributed by atoms with van der Waals surface area (Å²) in [6, 6.07) is 3.33. The fraction of sp³-hybridized carbons (Fsp3) is 0.353. The molecule has 0 saturated carbocycles. The lowest BCUT2D eigenvalue weighted by Crippen LogP contribution is -2.51. The minimum Gasteiger partial charge on any atom is -0.369 e. The second-order valence-electron chi connectivity index (χ2n) is 5.14. The van der Waals surface area contributed by atoms with Crippen LogP contribution in [0.25, 0.3) is 0 Å². The van der Waals surface area contributed by atoms with Crippen molar-refractivity contribution in [1.82, 2.24) is 0 Å². The maximum atomic E-state index is 14.1. The van der Waals surface area contributed by atoms with Crippen LogP contribution in [0.4, 0.5) is 13.2 Å². The van der Waals surface area contributed by atoms with Crippen molar-refractivity contribution in [2.24, 2.45) is 10.9 Å². The Labute approximate surface area is 128 Å². The first-order chi connectivity index (χ1) is 10.5. The standard InChI is InChI=1S/C17H18F3NO/c1-4-17(13-7-6-12(18)8-15(13)19)14(10-22-17)11(3)16(20)9-21-5-2/h5-9,14H,3-4,10H2,1-2H3/b16-9+,21-5?/t14?,17-/m0/s1. The second kappa shape index (κ2) is 6.48. The average Bonchev–Trinajstić information content (AvgIpc) is 2.46. The van der Waals surface area contributed by atoms with Crippen molar-refractivity contribution < 1.29 is 17.9 Å². The highest BCUT2D eigenvalue weighted by atomic mass is 19.1. The molecule has 1 fully saturated rings. The Morgan fingerprint density at radius 2 is 2.23 bits per heavy atom. The maximum Gasteiger partial charge on any atom is 0.144 e. The zero-order valence-electron chi connectivity index (χ0n) is 12.6. The fourth-order valence-electron chi connectivity index (χ4n) is 2.78. The van der Waals surface area contributed by atoms with Gasteiger partial charge in [0.05, 0.1) is 12.8 Å². The molecule has 0 aliphatic carbocycles. The summed E-state index contributed by atoms with van der Waals surface area (Å²) in [5.41, 5.74) is -0.585. The molecule has 1 aromatic rings. The molecule has 1 aliphatic rings. The van der Waals surface area contributed by atoms with Gasteiger partial charge in [0.25, 0.3) is 0 Å². The Hall–Kier alpha value is -1.88. The summed E-state index contributed by atoms with van der Waals surface area (Å²) < 4.78 is 46.9. The van der Waals surface area contributed by atoms with Crippen molar-refractivity contribution in [3.63, 3.8) is 0 Å². The third-order valence-electron chi connectivity index (χ3n) is 4.05. The molecule has 0 spiro atoms. The summed E-state index contributed by atoms with van der Waals surface area (Å²) in [6.45, 7) is 7.47. The number of rotatable bonds is 5. The van der Waals surface area contributed by atoms with E-state index >= 15 is 0 Å². The van der Waals surface area contributed by atoms with Gasteiger partial charge in [-0.3, -0.25) is 4.99 Å². The molecule has 2 atom stereocenters. The molecular formula is C17H18F3NO. The van der Waals surface area contributed by atoms with Crippen LogP contribution >= 0.6 is 0 Å². The third kappa shape index (κ3) is 2.73. The van der Waals surface area contributed by atoms with Crippen LogP contribution in [0.3, 0.4) is 0 Å². The number of aliphatic imine (C=N–C) groups is 1. The summed E-state index contributed by atoms with van der Waals surface area (Å²) >= 11 is 0. The fourth-order valence-corrected chi connectivity index (χ4v) is 2.78. The van der Waals surface area contributed by atoms with Crippen molar-refractivity contribution in [1.29, 1.82) is 0 Å². The molecule has 1 aliphatic heterocycles. The largest absolute Gasteiger partial charge is 0.369 e. The van der Waals surface area contributed by atoms with Gasteiger partial charge in [-0.25, -0.2) is 13.2 Å². The van der Waals surface area contributed by atoms with Gasteiger partial charge >= 0.3 is 0 Å². The van der Waals surface area contributed by atoms with Crippen LogP contribution in [0.1, 0.15) is 25.8 Å². The molecular weight excluding hydrogens is 291 g/mol. The molecule has 1 unspecified atom stereocenters. The predicted octanol–water partition coefficient (Wildman–Crippen LogP) is 4.67. The molecule has 0 bridgehead atoms. The van der Waals surface area contributed by atoms with Gasteiger partial charge in [0, 0.05) is 23.8 Å². The van der Waals surface area contributed by atoms with Crippen LogP contribution in [0.5, 0.6) is 0 Å². The van der Waals surface area contributed by atoms with Gasteiger partial charge in [-0.05, 0) is 25.0 Å². The van der Waals surface area contributed by atoms with Crippen LogP contribution in [0.2, 0.25) is 0 Å². The molecule has 118 valence electrons. The molecule has 22 heavy (non-hydrogen) atoms. The Morgan fingerprint density at radius 1 is 1.50 bits per heavy atom. The number of hydrogen-bond acceptors (Lipinski definition) is 2. The molecule has 0 aromatic heterocycles. The monoisotopic (exact) mass is 309 g/mol. The number of nitrogens with zero attached hydrogens (tertiary/aromatic N) is 1. The number of hydrogen-bond donors (Lipinski definition) is 0. The Kier molecular flexibility index (Phi) is 4.86. The molecule has 5 heteroatoms. The average molecular weight is 309 g/mol. The van der Waals surface area contributed by atoms with Gasteiger partial charge in [-0.1, -0.05) is 19.6 Å². The zero-order chi connectivity index (χ0) is 16.3.